The van der Waals surface area contributed by atoms with Gasteiger partial charge in [0, 0.05) is 13.0 Å². The van der Waals surface area contributed by atoms with Crippen molar-refractivity contribution in [1.29, 1.82) is 0 Å². The van der Waals surface area contributed by atoms with Crippen molar-refractivity contribution in [3.8, 4) is 0 Å². The van der Waals surface area contributed by atoms with Crippen LogP contribution in [0.1, 0.15) is 17.8 Å². The molecule has 1 aromatic rings. The van der Waals surface area contributed by atoms with Crippen molar-refractivity contribution in [2.45, 2.75) is 25.8 Å². The van der Waals surface area contributed by atoms with Crippen LogP contribution in [0.2, 0.25) is 0 Å². The smallest absolute Gasteiger partial charge is 0.306 e. The van der Waals surface area contributed by atoms with Crippen LogP contribution in [0.15, 0.2) is 0 Å². The average molecular weight is 238 g/mol. The van der Waals surface area contributed by atoms with Crippen molar-refractivity contribution in [2.24, 2.45) is 5.92 Å². The molecule has 2 rings (SSSR count). The number of likely N-dealkylation sites (N-methyl/N-ethyl adjacent to an activating group) is 1. The van der Waals surface area contributed by atoms with Crippen LogP contribution in [-0.2, 0) is 24.2 Å². The summed E-state index contributed by atoms with van der Waals surface area (Å²) in [5, 5.41) is 17.3. The summed E-state index contributed by atoms with van der Waals surface area (Å²) in [5.74, 6) is -0.991. The van der Waals surface area contributed by atoms with Crippen LogP contribution in [0.3, 0.4) is 0 Å². The number of rotatable bonds is 4. The lowest BCUT2D eigenvalue weighted by Gasteiger charge is -2.19. The monoisotopic (exact) mass is 238 g/mol. The number of aliphatic carboxylic acids is 1. The van der Waals surface area contributed by atoms with Crippen LogP contribution in [0, 0.1) is 5.92 Å². The first-order valence-electron chi connectivity index (χ1n) is 5.86. The standard InChI is InChI=1S/C11H18N4O2/c1-14(2)5-6-15-10-7-8(11(16)17)3-4-9(10)12-13-15/h8H,3-7H2,1-2H3,(H,16,17)/t8-/m0/s1. The Morgan fingerprint density at radius 3 is 3.00 bits per heavy atom. The molecule has 0 saturated carbocycles. The Balaban J connectivity index is 2.11. The Morgan fingerprint density at radius 2 is 2.35 bits per heavy atom. The summed E-state index contributed by atoms with van der Waals surface area (Å²) in [6, 6.07) is 0. The van der Waals surface area contributed by atoms with Gasteiger partial charge in [-0.1, -0.05) is 5.21 Å². The van der Waals surface area contributed by atoms with Gasteiger partial charge in [-0.05, 0) is 26.9 Å². The Hall–Kier alpha value is -1.43. The zero-order valence-electron chi connectivity index (χ0n) is 10.3. The van der Waals surface area contributed by atoms with E-state index in [1.807, 2.05) is 18.8 Å². The molecule has 6 heteroatoms. The molecule has 0 spiro atoms. The highest BCUT2D eigenvalue weighted by Gasteiger charge is 2.28. The van der Waals surface area contributed by atoms with Gasteiger partial charge in [-0.2, -0.15) is 0 Å². The van der Waals surface area contributed by atoms with E-state index in [2.05, 4.69) is 15.2 Å². The minimum Gasteiger partial charge on any atom is -0.481 e. The van der Waals surface area contributed by atoms with Crippen LogP contribution in [0.25, 0.3) is 0 Å². The predicted molar refractivity (Wildman–Crippen MR) is 61.7 cm³/mol. The van der Waals surface area contributed by atoms with Crippen LogP contribution in [0.4, 0.5) is 0 Å². The maximum absolute atomic E-state index is 11.0. The van der Waals surface area contributed by atoms with Gasteiger partial charge in [0.05, 0.1) is 23.9 Å². The van der Waals surface area contributed by atoms with E-state index in [-0.39, 0.29) is 5.92 Å². The van der Waals surface area contributed by atoms with E-state index < -0.39 is 5.97 Å². The average Bonchev–Trinajstić information content (AvgIpc) is 2.68. The zero-order valence-corrected chi connectivity index (χ0v) is 10.3. The number of aromatic nitrogens is 3. The molecule has 0 unspecified atom stereocenters. The van der Waals surface area contributed by atoms with Crippen LogP contribution in [-0.4, -0.2) is 51.6 Å². The van der Waals surface area contributed by atoms with Gasteiger partial charge in [-0.3, -0.25) is 4.79 Å². The van der Waals surface area contributed by atoms with Crippen molar-refractivity contribution in [2.75, 3.05) is 20.6 Å². The lowest BCUT2D eigenvalue weighted by atomic mass is 9.90. The van der Waals surface area contributed by atoms with E-state index in [9.17, 15) is 4.79 Å². The van der Waals surface area contributed by atoms with E-state index in [1.54, 1.807) is 0 Å². The summed E-state index contributed by atoms with van der Waals surface area (Å²) in [4.78, 5) is 13.1. The fraction of sp³-hybridized carbons (Fsp3) is 0.727. The number of carboxylic acids is 1. The second-order valence-electron chi connectivity index (χ2n) is 4.79. The van der Waals surface area contributed by atoms with Crippen LogP contribution >= 0.6 is 0 Å². The number of nitrogens with zero attached hydrogens (tertiary/aromatic N) is 4. The fourth-order valence-electron chi connectivity index (χ4n) is 2.12. The Kier molecular flexibility index (Phi) is 3.42. The van der Waals surface area contributed by atoms with E-state index in [4.69, 9.17) is 5.11 Å². The largest absolute Gasteiger partial charge is 0.481 e. The van der Waals surface area contributed by atoms with Crippen molar-refractivity contribution >= 4 is 5.97 Å². The summed E-state index contributed by atoms with van der Waals surface area (Å²) in [7, 11) is 4.01. The van der Waals surface area contributed by atoms with Gasteiger partial charge >= 0.3 is 5.97 Å². The third-order valence-electron chi connectivity index (χ3n) is 3.20. The molecule has 6 nitrogen and oxygen atoms in total. The molecule has 0 aromatic carbocycles. The van der Waals surface area contributed by atoms with Gasteiger partial charge < -0.3 is 10.0 Å². The number of aryl methyl sites for hydroxylation is 1. The third-order valence-corrected chi connectivity index (χ3v) is 3.20. The number of carboxylic acid groups (broad SMARTS) is 1. The van der Waals surface area contributed by atoms with E-state index >= 15 is 0 Å². The lowest BCUT2D eigenvalue weighted by molar-refractivity contribution is -0.142. The normalized spacial score (nSPS) is 19.4. The molecular formula is C11H18N4O2. The topological polar surface area (TPSA) is 71.2 Å². The van der Waals surface area contributed by atoms with Crippen molar-refractivity contribution in [3.05, 3.63) is 11.4 Å². The Labute approximate surface area is 100 Å². The highest BCUT2D eigenvalue weighted by molar-refractivity contribution is 5.70. The molecular weight excluding hydrogens is 220 g/mol. The summed E-state index contributed by atoms with van der Waals surface area (Å²) in [6.07, 6.45) is 1.97. The highest BCUT2D eigenvalue weighted by atomic mass is 16.4. The Morgan fingerprint density at radius 1 is 1.59 bits per heavy atom. The number of fused-ring (bicyclic) bond motifs is 1. The first-order chi connectivity index (χ1) is 8.08. The molecule has 1 heterocycles. The number of hydrogen-bond donors (Lipinski definition) is 1. The minimum atomic E-state index is -0.712. The highest BCUT2D eigenvalue weighted by Crippen LogP contribution is 2.23. The van der Waals surface area contributed by atoms with Gasteiger partial charge in [-0.15, -0.1) is 5.10 Å². The summed E-state index contributed by atoms with van der Waals surface area (Å²) >= 11 is 0. The summed E-state index contributed by atoms with van der Waals surface area (Å²) in [5.41, 5.74) is 1.98. The van der Waals surface area contributed by atoms with Crippen LogP contribution in [0.5, 0.6) is 0 Å². The Bertz CT molecular complexity index is 414. The molecule has 94 valence electrons. The molecule has 0 saturated heterocycles. The van der Waals surface area contributed by atoms with Crippen LogP contribution < -0.4 is 0 Å². The van der Waals surface area contributed by atoms with Crippen molar-refractivity contribution < 1.29 is 9.90 Å². The molecule has 17 heavy (non-hydrogen) atoms. The molecule has 0 bridgehead atoms. The molecule has 0 radical (unpaired) electrons. The SMILES string of the molecule is CN(C)CCn1nnc2c1C[C@@H](C(=O)O)CC2. The van der Waals surface area contributed by atoms with E-state index in [0.717, 1.165) is 30.9 Å². The van der Waals surface area contributed by atoms with Gasteiger partial charge in [0.25, 0.3) is 0 Å². The van der Waals surface area contributed by atoms with E-state index in [0.29, 0.717) is 12.8 Å². The maximum atomic E-state index is 11.0. The van der Waals surface area contributed by atoms with Crippen molar-refractivity contribution in [3.63, 3.8) is 0 Å². The number of carbonyl (C=O) groups is 1. The fourth-order valence-corrected chi connectivity index (χ4v) is 2.12. The molecule has 0 fully saturated rings. The first-order valence-corrected chi connectivity index (χ1v) is 5.86. The molecule has 1 aliphatic carbocycles. The van der Waals surface area contributed by atoms with Gasteiger partial charge in [0.15, 0.2) is 0 Å². The van der Waals surface area contributed by atoms with Gasteiger partial charge in [0.2, 0.25) is 0 Å². The second kappa shape index (κ2) is 4.83. The molecule has 0 amide bonds. The molecule has 1 atom stereocenters. The minimum absolute atomic E-state index is 0.279. The second-order valence-corrected chi connectivity index (χ2v) is 4.79. The molecule has 1 aromatic heterocycles. The summed E-state index contributed by atoms with van der Waals surface area (Å²) < 4.78 is 1.85. The molecule has 0 aliphatic heterocycles. The van der Waals surface area contributed by atoms with Gasteiger partial charge in [-0.25, -0.2) is 4.68 Å². The quantitative estimate of drug-likeness (QED) is 0.801. The maximum Gasteiger partial charge on any atom is 0.306 e. The first kappa shape index (κ1) is 12.0. The predicted octanol–water partition coefficient (Wildman–Crippen LogP) is 0.0292. The lowest BCUT2D eigenvalue weighted by Crippen LogP contribution is -2.26. The molecule has 1 N–H and O–H groups in total. The molecule has 1 aliphatic rings. The summed E-state index contributed by atoms with van der Waals surface area (Å²) in [6.45, 7) is 1.65. The van der Waals surface area contributed by atoms with Gasteiger partial charge in [0.1, 0.15) is 0 Å². The third kappa shape index (κ3) is 2.63. The zero-order chi connectivity index (χ0) is 12.4. The van der Waals surface area contributed by atoms with E-state index in [1.165, 1.54) is 0 Å². The number of hydrogen-bond acceptors (Lipinski definition) is 4. The van der Waals surface area contributed by atoms with Crippen molar-refractivity contribution in [1.82, 2.24) is 19.9 Å².